The van der Waals surface area contributed by atoms with Crippen LogP contribution in [0.4, 0.5) is 0 Å². The fourth-order valence-corrected chi connectivity index (χ4v) is 0.869. The molecule has 0 spiro atoms. The minimum atomic E-state index is 0.556. The van der Waals surface area contributed by atoms with Crippen LogP contribution < -0.4 is 0 Å². The average Bonchev–Trinajstić information content (AvgIpc) is 2.01. The number of rotatable bonds is 0. The maximum atomic E-state index is 9.86. The monoisotopic (exact) mass is 164 g/mol. The molecule has 0 aliphatic carbocycles. The van der Waals surface area contributed by atoms with E-state index in [0.29, 0.717) is 11.3 Å². The van der Waals surface area contributed by atoms with Crippen molar-refractivity contribution >= 4 is 17.9 Å². The summed E-state index contributed by atoms with van der Waals surface area (Å²) in [5.74, 6) is 4.94. The molecule has 1 aromatic rings. The van der Waals surface area contributed by atoms with Crippen molar-refractivity contribution in [3.05, 3.63) is 34.9 Å². The molecule has 2 heteroatoms. The van der Waals surface area contributed by atoms with Crippen molar-refractivity contribution in [2.24, 2.45) is 0 Å². The van der Waals surface area contributed by atoms with Crippen LogP contribution in [0.3, 0.4) is 0 Å². The van der Waals surface area contributed by atoms with Gasteiger partial charge in [-0.15, -0.1) is 0 Å². The van der Waals surface area contributed by atoms with Crippen LogP contribution in [0, 0.1) is 11.8 Å². The van der Waals surface area contributed by atoms with Crippen molar-refractivity contribution in [1.82, 2.24) is 0 Å². The topological polar surface area (TPSA) is 17.1 Å². The normalized spacial score (nSPS) is 8.09. The van der Waals surface area contributed by atoms with Crippen molar-refractivity contribution in [3.63, 3.8) is 0 Å². The van der Waals surface area contributed by atoms with E-state index in [-0.39, 0.29) is 0 Å². The number of hydrogen-bond acceptors (Lipinski definition) is 1. The van der Waals surface area contributed by atoms with E-state index in [4.69, 9.17) is 11.6 Å². The molecule has 0 unspecified atom stereocenters. The average molecular weight is 165 g/mol. The van der Waals surface area contributed by atoms with Crippen molar-refractivity contribution < 1.29 is 4.79 Å². The van der Waals surface area contributed by atoms with Crippen molar-refractivity contribution in [2.45, 2.75) is 0 Å². The van der Waals surface area contributed by atoms with Crippen molar-refractivity contribution in [1.29, 1.82) is 0 Å². The van der Waals surface area contributed by atoms with Gasteiger partial charge in [-0.1, -0.05) is 23.6 Å². The van der Waals surface area contributed by atoms with E-state index in [9.17, 15) is 4.79 Å². The summed E-state index contributed by atoms with van der Waals surface area (Å²) in [4.78, 5) is 9.86. The highest BCUT2D eigenvalue weighted by molar-refractivity contribution is 6.30. The SMILES string of the molecule is O=CC#Cc1cccc(Cl)c1. The summed E-state index contributed by atoms with van der Waals surface area (Å²) in [6.07, 6.45) is 0.556. The minimum Gasteiger partial charge on any atom is -0.289 e. The fourth-order valence-electron chi connectivity index (χ4n) is 0.679. The Labute approximate surface area is 70.0 Å². The van der Waals surface area contributed by atoms with Gasteiger partial charge in [0.25, 0.3) is 0 Å². The van der Waals surface area contributed by atoms with Gasteiger partial charge in [-0.3, -0.25) is 4.79 Å². The zero-order valence-electron chi connectivity index (χ0n) is 5.67. The highest BCUT2D eigenvalue weighted by Crippen LogP contribution is 2.08. The van der Waals surface area contributed by atoms with Crippen LogP contribution in [0.1, 0.15) is 5.56 Å². The lowest BCUT2D eigenvalue weighted by Gasteiger charge is -1.88. The van der Waals surface area contributed by atoms with Gasteiger partial charge in [0, 0.05) is 10.6 Å². The Morgan fingerprint density at radius 2 is 2.27 bits per heavy atom. The van der Waals surface area contributed by atoms with Crippen molar-refractivity contribution in [3.8, 4) is 11.8 Å². The summed E-state index contributed by atoms with van der Waals surface area (Å²) in [6, 6.07) is 7.05. The summed E-state index contributed by atoms with van der Waals surface area (Å²) in [7, 11) is 0. The summed E-state index contributed by atoms with van der Waals surface area (Å²) >= 11 is 5.67. The molecule has 0 saturated heterocycles. The molecule has 0 N–H and O–H groups in total. The second-order valence-electron chi connectivity index (χ2n) is 1.90. The first-order chi connectivity index (χ1) is 5.33. The molecule has 0 aromatic heterocycles. The van der Waals surface area contributed by atoms with Gasteiger partial charge in [-0.2, -0.15) is 0 Å². The predicted octanol–water partition coefficient (Wildman–Crippen LogP) is 1.89. The molecular formula is C9H5ClO. The fraction of sp³-hybridized carbons (Fsp3) is 0. The molecule has 1 aromatic carbocycles. The van der Waals surface area contributed by atoms with Crippen LogP contribution in [0.5, 0.6) is 0 Å². The van der Waals surface area contributed by atoms with E-state index >= 15 is 0 Å². The van der Waals surface area contributed by atoms with Gasteiger partial charge in [0.1, 0.15) is 0 Å². The molecule has 1 rings (SSSR count). The van der Waals surface area contributed by atoms with Crippen LogP contribution in [-0.4, -0.2) is 6.29 Å². The molecule has 54 valence electrons. The van der Waals surface area contributed by atoms with E-state index in [1.807, 2.05) is 0 Å². The third kappa shape index (κ3) is 2.45. The molecule has 11 heavy (non-hydrogen) atoms. The Morgan fingerprint density at radius 3 is 2.91 bits per heavy atom. The van der Waals surface area contributed by atoms with E-state index in [0.717, 1.165) is 5.56 Å². The molecule has 0 heterocycles. The molecule has 0 aliphatic rings. The van der Waals surface area contributed by atoms with E-state index < -0.39 is 0 Å². The first-order valence-corrected chi connectivity index (χ1v) is 3.41. The Bertz CT molecular complexity index is 320. The Hall–Kier alpha value is -1.26. The highest BCUT2D eigenvalue weighted by atomic mass is 35.5. The first-order valence-electron chi connectivity index (χ1n) is 3.03. The van der Waals surface area contributed by atoms with Gasteiger partial charge in [0.05, 0.1) is 0 Å². The standard InChI is InChI=1S/C9H5ClO/c10-9-5-1-3-8(7-9)4-2-6-11/h1,3,5-7H. The number of carbonyl (C=O) groups excluding carboxylic acids is 1. The van der Waals surface area contributed by atoms with Gasteiger partial charge in [-0.05, 0) is 24.1 Å². The van der Waals surface area contributed by atoms with E-state index in [1.165, 1.54) is 0 Å². The van der Waals surface area contributed by atoms with Crippen molar-refractivity contribution in [2.75, 3.05) is 0 Å². The highest BCUT2D eigenvalue weighted by Gasteiger charge is 1.86. The maximum Gasteiger partial charge on any atom is 0.193 e. The number of aldehydes is 1. The predicted molar refractivity (Wildman–Crippen MR) is 44.4 cm³/mol. The van der Waals surface area contributed by atoms with Gasteiger partial charge in [0.15, 0.2) is 6.29 Å². The molecule has 0 radical (unpaired) electrons. The zero-order valence-corrected chi connectivity index (χ0v) is 6.43. The summed E-state index contributed by atoms with van der Waals surface area (Å²) in [5, 5.41) is 0.627. The van der Waals surface area contributed by atoms with Gasteiger partial charge in [-0.25, -0.2) is 0 Å². The maximum absolute atomic E-state index is 9.86. The Kier molecular flexibility index (Phi) is 2.71. The summed E-state index contributed by atoms with van der Waals surface area (Å²) < 4.78 is 0. The number of hydrogen-bond donors (Lipinski definition) is 0. The second-order valence-corrected chi connectivity index (χ2v) is 2.33. The third-order valence-corrected chi connectivity index (χ3v) is 1.34. The van der Waals surface area contributed by atoms with Gasteiger partial charge < -0.3 is 0 Å². The minimum absolute atomic E-state index is 0.556. The quantitative estimate of drug-likeness (QED) is 0.423. The third-order valence-electron chi connectivity index (χ3n) is 1.10. The second kappa shape index (κ2) is 3.80. The Morgan fingerprint density at radius 1 is 1.45 bits per heavy atom. The smallest absolute Gasteiger partial charge is 0.193 e. The number of carbonyl (C=O) groups is 1. The summed E-state index contributed by atoms with van der Waals surface area (Å²) in [5.41, 5.74) is 0.754. The number of benzene rings is 1. The van der Waals surface area contributed by atoms with Crippen LogP contribution >= 0.6 is 11.6 Å². The molecular weight excluding hydrogens is 160 g/mol. The molecule has 0 aliphatic heterocycles. The van der Waals surface area contributed by atoms with Gasteiger partial charge in [0.2, 0.25) is 0 Å². The van der Waals surface area contributed by atoms with E-state index in [1.54, 1.807) is 24.3 Å². The van der Waals surface area contributed by atoms with Gasteiger partial charge >= 0.3 is 0 Å². The largest absolute Gasteiger partial charge is 0.289 e. The Balaban J connectivity index is 2.96. The molecule has 0 atom stereocenters. The van der Waals surface area contributed by atoms with Crippen LogP contribution in [0.25, 0.3) is 0 Å². The van der Waals surface area contributed by atoms with Crippen LogP contribution in [-0.2, 0) is 4.79 Å². The number of halogens is 1. The zero-order chi connectivity index (χ0) is 8.10. The molecule has 0 amide bonds. The van der Waals surface area contributed by atoms with Crippen LogP contribution in [0.15, 0.2) is 24.3 Å². The first kappa shape index (κ1) is 7.84. The lowest BCUT2D eigenvalue weighted by atomic mass is 10.2. The van der Waals surface area contributed by atoms with Crippen LogP contribution in [0.2, 0.25) is 5.02 Å². The molecule has 0 fully saturated rings. The molecule has 0 bridgehead atoms. The lowest BCUT2D eigenvalue weighted by Crippen LogP contribution is -1.72. The summed E-state index contributed by atoms with van der Waals surface area (Å²) in [6.45, 7) is 0. The lowest BCUT2D eigenvalue weighted by molar-refractivity contribution is -0.103. The molecule has 1 nitrogen and oxygen atoms in total. The van der Waals surface area contributed by atoms with E-state index in [2.05, 4.69) is 11.8 Å². The molecule has 0 saturated carbocycles.